The maximum absolute atomic E-state index is 12.2. The largest absolute Gasteiger partial charge is 0.478 e. The molecule has 0 aliphatic rings. The summed E-state index contributed by atoms with van der Waals surface area (Å²) in [4.78, 5) is 26.1. The second-order valence-corrected chi connectivity index (χ2v) is 4.09. The van der Waals surface area contributed by atoms with Crippen LogP contribution in [0, 0.1) is 0 Å². The fourth-order valence-corrected chi connectivity index (χ4v) is 1.80. The molecule has 2 amide bonds. The van der Waals surface area contributed by atoms with Crippen LogP contribution < -0.4 is 10.6 Å². The van der Waals surface area contributed by atoms with Crippen molar-refractivity contribution in [2.75, 3.05) is 30.8 Å². The van der Waals surface area contributed by atoms with Gasteiger partial charge in [-0.2, -0.15) is 0 Å². The summed E-state index contributed by atoms with van der Waals surface area (Å²) in [5.74, 6) is -1.05. The van der Waals surface area contributed by atoms with E-state index in [4.69, 9.17) is 10.8 Å². The summed E-state index contributed by atoms with van der Waals surface area (Å²) in [5, 5.41) is 8.87. The van der Waals surface area contributed by atoms with E-state index >= 15 is 0 Å². The number of carboxylic acid groups (broad SMARTS) is 1. The van der Waals surface area contributed by atoms with Crippen LogP contribution in [0.25, 0.3) is 0 Å². The molecule has 0 radical (unpaired) electrons. The number of nitrogens with zero attached hydrogens (tertiary/aromatic N) is 2. The number of anilines is 2. The van der Waals surface area contributed by atoms with Crippen molar-refractivity contribution in [2.24, 2.45) is 0 Å². The molecule has 0 unspecified atom stereocenters. The highest BCUT2D eigenvalue weighted by molar-refractivity contribution is 5.97. The second-order valence-electron chi connectivity index (χ2n) is 4.09. The molecule has 19 heavy (non-hydrogen) atoms. The fraction of sp³-hybridized carbons (Fsp3) is 0.385. The Bertz CT molecular complexity index is 484. The molecule has 0 spiro atoms. The fourth-order valence-electron chi connectivity index (χ4n) is 1.80. The molecule has 1 aromatic rings. The first kappa shape index (κ1) is 14.8. The molecule has 0 saturated carbocycles. The molecule has 1 aromatic carbocycles. The predicted molar refractivity (Wildman–Crippen MR) is 74.5 cm³/mol. The highest BCUT2D eigenvalue weighted by Gasteiger charge is 2.18. The van der Waals surface area contributed by atoms with Gasteiger partial charge < -0.3 is 15.7 Å². The zero-order chi connectivity index (χ0) is 14.6. The Balaban J connectivity index is 3.03. The summed E-state index contributed by atoms with van der Waals surface area (Å²) < 4.78 is 0. The van der Waals surface area contributed by atoms with Crippen molar-refractivity contribution in [3.63, 3.8) is 0 Å². The summed E-state index contributed by atoms with van der Waals surface area (Å²) in [5.41, 5.74) is 6.68. The Morgan fingerprint density at radius 3 is 2.26 bits per heavy atom. The topological polar surface area (TPSA) is 86.9 Å². The van der Waals surface area contributed by atoms with Crippen LogP contribution in [0.3, 0.4) is 0 Å². The van der Waals surface area contributed by atoms with E-state index in [9.17, 15) is 9.59 Å². The van der Waals surface area contributed by atoms with Gasteiger partial charge in [-0.1, -0.05) is 0 Å². The van der Waals surface area contributed by atoms with Crippen LogP contribution >= 0.6 is 0 Å². The molecular formula is C13H19N3O3. The lowest BCUT2D eigenvalue weighted by Crippen LogP contribution is -2.41. The third-order valence-electron chi connectivity index (χ3n) is 2.96. The summed E-state index contributed by atoms with van der Waals surface area (Å²) >= 11 is 0. The number of carbonyl (C=O) groups excluding carboxylic acids is 1. The average molecular weight is 265 g/mol. The van der Waals surface area contributed by atoms with Gasteiger partial charge in [0.2, 0.25) is 0 Å². The third-order valence-corrected chi connectivity index (χ3v) is 2.96. The molecule has 0 atom stereocenters. The van der Waals surface area contributed by atoms with Crippen molar-refractivity contribution in [1.29, 1.82) is 0 Å². The first-order chi connectivity index (χ1) is 8.92. The Labute approximate surface area is 112 Å². The Morgan fingerprint density at radius 2 is 1.84 bits per heavy atom. The maximum Gasteiger partial charge on any atom is 0.335 e. The van der Waals surface area contributed by atoms with E-state index in [0.29, 0.717) is 18.8 Å². The van der Waals surface area contributed by atoms with Gasteiger partial charge in [0.25, 0.3) is 0 Å². The van der Waals surface area contributed by atoms with Crippen molar-refractivity contribution >= 4 is 23.4 Å². The number of rotatable bonds is 4. The van der Waals surface area contributed by atoms with E-state index in [1.165, 1.54) is 17.0 Å². The number of nitrogens with two attached hydrogens (primary N) is 1. The van der Waals surface area contributed by atoms with E-state index in [-0.39, 0.29) is 17.3 Å². The van der Waals surface area contributed by atoms with Crippen molar-refractivity contribution in [3.05, 3.63) is 23.8 Å². The minimum Gasteiger partial charge on any atom is -0.478 e. The van der Waals surface area contributed by atoms with Crippen LogP contribution in [-0.2, 0) is 0 Å². The van der Waals surface area contributed by atoms with Crippen LogP contribution in [0.5, 0.6) is 0 Å². The number of amides is 2. The van der Waals surface area contributed by atoms with Crippen molar-refractivity contribution in [3.8, 4) is 0 Å². The molecule has 6 heteroatoms. The number of urea groups is 1. The van der Waals surface area contributed by atoms with Crippen LogP contribution in [0.15, 0.2) is 18.2 Å². The van der Waals surface area contributed by atoms with E-state index in [1.807, 2.05) is 13.8 Å². The quantitative estimate of drug-likeness (QED) is 0.813. The van der Waals surface area contributed by atoms with E-state index in [1.54, 1.807) is 18.0 Å². The number of carbonyl (C=O) groups is 2. The molecule has 0 bridgehead atoms. The van der Waals surface area contributed by atoms with Gasteiger partial charge in [-0.25, -0.2) is 9.59 Å². The summed E-state index contributed by atoms with van der Waals surface area (Å²) in [6, 6.07) is 4.16. The molecule has 0 aliphatic carbocycles. The number of hydrogen-bond acceptors (Lipinski definition) is 3. The number of aromatic carboxylic acids is 1. The molecular weight excluding hydrogens is 246 g/mol. The molecule has 6 nitrogen and oxygen atoms in total. The summed E-state index contributed by atoms with van der Waals surface area (Å²) in [6.07, 6.45) is 0. The van der Waals surface area contributed by atoms with Crippen LogP contribution in [0.2, 0.25) is 0 Å². The molecule has 104 valence electrons. The highest BCUT2D eigenvalue weighted by Crippen LogP contribution is 2.24. The number of nitrogen functional groups attached to an aromatic ring is 1. The van der Waals surface area contributed by atoms with Gasteiger partial charge in [-0.15, -0.1) is 0 Å². The Kier molecular flexibility index (Phi) is 4.74. The molecule has 0 fully saturated rings. The first-order valence-electron chi connectivity index (χ1n) is 6.07. The van der Waals surface area contributed by atoms with Gasteiger partial charge in [-0.3, -0.25) is 4.90 Å². The lowest BCUT2D eigenvalue weighted by molar-refractivity contribution is 0.0697. The van der Waals surface area contributed by atoms with Gasteiger partial charge in [0.1, 0.15) is 0 Å². The number of benzene rings is 1. The smallest absolute Gasteiger partial charge is 0.335 e. The van der Waals surface area contributed by atoms with Crippen LogP contribution in [-0.4, -0.2) is 42.1 Å². The zero-order valence-electron chi connectivity index (χ0n) is 11.4. The van der Waals surface area contributed by atoms with Gasteiger partial charge in [0.05, 0.1) is 16.9 Å². The Morgan fingerprint density at radius 1 is 1.26 bits per heavy atom. The SMILES string of the molecule is CCN(CC)C(=O)N(C)c1ccc(C(=O)O)cc1N. The van der Waals surface area contributed by atoms with Gasteiger partial charge in [-0.05, 0) is 32.0 Å². The lowest BCUT2D eigenvalue weighted by Gasteiger charge is -2.27. The van der Waals surface area contributed by atoms with Crippen molar-refractivity contribution < 1.29 is 14.7 Å². The average Bonchev–Trinajstić information content (AvgIpc) is 2.38. The zero-order valence-corrected chi connectivity index (χ0v) is 11.4. The van der Waals surface area contributed by atoms with Crippen LogP contribution in [0.4, 0.5) is 16.2 Å². The number of carboxylic acids is 1. The highest BCUT2D eigenvalue weighted by atomic mass is 16.4. The van der Waals surface area contributed by atoms with Crippen molar-refractivity contribution in [2.45, 2.75) is 13.8 Å². The monoisotopic (exact) mass is 265 g/mol. The molecule has 0 aliphatic heterocycles. The minimum atomic E-state index is -1.05. The standard InChI is InChI=1S/C13H19N3O3/c1-4-16(5-2)13(19)15(3)11-7-6-9(12(17)18)8-10(11)14/h6-8H,4-5,14H2,1-3H3,(H,17,18). The first-order valence-corrected chi connectivity index (χ1v) is 6.07. The maximum atomic E-state index is 12.2. The van der Waals surface area contributed by atoms with E-state index in [2.05, 4.69) is 0 Å². The minimum absolute atomic E-state index is 0.102. The normalized spacial score (nSPS) is 10.1. The second kappa shape index (κ2) is 6.08. The lowest BCUT2D eigenvalue weighted by atomic mass is 10.1. The molecule has 1 rings (SSSR count). The molecule has 0 aromatic heterocycles. The predicted octanol–water partition coefficient (Wildman–Crippen LogP) is 1.86. The van der Waals surface area contributed by atoms with Gasteiger partial charge in [0.15, 0.2) is 0 Å². The van der Waals surface area contributed by atoms with E-state index in [0.717, 1.165) is 0 Å². The Hall–Kier alpha value is -2.24. The number of hydrogen-bond donors (Lipinski definition) is 2. The third kappa shape index (κ3) is 3.15. The molecule has 0 heterocycles. The summed E-state index contributed by atoms with van der Waals surface area (Å²) in [6.45, 7) is 5.00. The van der Waals surface area contributed by atoms with Crippen LogP contribution in [0.1, 0.15) is 24.2 Å². The van der Waals surface area contributed by atoms with Gasteiger partial charge in [0, 0.05) is 20.1 Å². The van der Waals surface area contributed by atoms with Crippen molar-refractivity contribution in [1.82, 2.24) is 4.90 Å². The molecule has 0 saturated heterocycles. The summed E-state index contributed by atoms with van der Waals surface area (Å²) in [7, 11) is 1.62. The van der Waals surface area contributed by atoms with E-state index < -0.39 is 5.97 Å². The molecule has 3 N–H and O–H groups in total. The van der Waals surface area contributed by atoms with Gasteiger partial charge >= 0.3 is 12.0 Å².